The van der Waals surface area contributed by atoms with E-state index in [9.17, 15) is 13.2 Å². The van der Waals surface area contributed by atoms with E-state index in [4.69, 9.17) is 4.74 Å². The van der Waals surface area contributed by atoms with Crippen molar-refractivity contribution in [2.75, 3.05) is 32.1 Å². The maximum Gasteiger partial charge on any atom is 0.326 e. The molecule has 1 atom stereocenters. The predicted octanol–water partition coefficient (Wildman–Crippen LogP) is 2.11. The number of nitrogens with one attached hydrogen (secondary N) is 1. The molecule has 2 aliphatic rings. The van der Waals surface area contributed by atoms with Crippen molar-refractivity contribution in [1.82, 2.24) is 13.9 Å². The molecule has 8 heteroatoms. The molecule has 0 spiro atoms. The Kier molecular flexibility index (Phi) is 5.39. The molecule has 2 aromatic rings. The molecule has 1 aromatic heterocycles. The van der Waals surface area contributed by atoms with Crippen LogP contribution in [0, 0.1) is 5.92 Å². The number of hydrogen-bond acceptors (Lipinski definition) is 4. The van der Waals surface area contributed by atoms with E-state index < -0.39 is 10.0 Å². The van der Waals surface area contributed by atoms with Gasteiger partial charge in [0.05, 0.1) is 16.8 Å². The molecule has 1 aromatic carbocycles. The van der Waals surface area contributed by atoms with Crippen LogP contribution in [0.4, 0.5) is 0 Å². The monoisotopic (exact) mass is 393 g/mol. The molecule has 0 aliphatic carbocycles. The van der Waals surface area contributed by atoms with Crippen LogP contribution in [0.2, 0.25) is 0 Å². The van der Waals surface area contributed by atoms with E-state index in [1.165, 1.54) is 0 Å². The number of aromatic amines is 1. The van der Waals surface area contributed by atoms with E-state index in [0.717, 1.165) is 37.1 Å². The van der Waals surface area contributed by atoms with Gasteiger partial charge in [-0.1, -0.05) is 12.1 Å². The number of fused-ring (bicyclic) bond motifs is 1. The summed E-state index contributed by atoms with van der Waals surface area (Å²) in [4.78, 5) is 15.2. The molecule has 1 N–H and O–H groups in total. The van der Waals surface area contributed by atoms with Crippen LogP contribution >= 0.6 is 0 Å². The number of piperidine rings is 1. The summed E-state index contributed by atoms with van der Waals surface area (Å²) < 4.78 is 34.1. The summed E-state index contributed by atoms with van der Waals surface area (Å²) >= 11 is 0. The predicted molar refractivity (Wildman–Crippen MR) is 104 cm³/mol. The van der Waals surface area contributed by atoms with Crippen LogP contribution in [0.5, 0.6) is 0 Å². The lowest BCUT2D eigenvalue weighted by Crippen LogP contribution is -2.41. The largest absolute Gasteiger partial charge is 0.381 e. The molecule has 2 fully saturated rings. The lowest BCUT2D eigenvalue weighted by atomic mass is 10.0. The first kappa shape index (κ1) is 18.7. The van der Waals surface area contributed by atoms with Crippen molar-refractivity contribution in [3.8, 4) is 0 Å². The van der Waals surface area contributed by atoms with Gasteiger partial charge in [0.25, 0.3) is 0 Å². The average molecular weight is 394 g/mol. The molecule has 0 saturated carbocycles. The van der Waals surface area contributed by atoms with Gasteiger partial charge in [0.1, 0.15) is 0 Å². The van der Waals surface area contributed by atoms with Crippen molar-refractivity contribution in [2.45, 2.75) is 38.1 Å². The molecule has 7 nitrogen and oxygen atoms in total. The highest BCUT2D eigenvalue weighted by Crippen LogP contribution is 2.27. The Hall–Kier alpha value is -1.64. The fourth-order valence-corrected chi connectivity index (χ4v) is 5.87. The van der Waals surface area contributed by atoms with Gasteiger partial charge < -0.3 is 9.72 Å². The van der Waals surface area contributed by atoms with Gasteiger partial charge in [0.15, 0.2) is 0 Å². The Morgan fingerprint density at radius 1 is 1.15 bits per heavy atom. The molecule has 0 radical (unpaired) electrons. The number of benzene rings is 1. The molecule has 148 valence electrons. The Labute approximate surface area is 159 Å². The van der Waals surface area contributed by atoms with Gasteiger partial charge in [-0.25, -0.2) is 17.5 Å². The van der Waals surface area contributed by atoms with Gasteiger partial charge in [0, 0.05) is 32.3 Å². The third kappa shape index (κ3) is 3.97. The number of ether oxygens (including phenoxy) is 1. The second-order valence-corrected chi connectivity index (χ2v) is 9.72. The highest BCUT2D eigenvalue weighted by atomic mass is 32.2. The number of para-hydroxylation sites is 2. The minimum atomic E-state index is -3.22. The van der Waals surface area contributed by atoms with Gasteiger partial charge in [0.2, 0.25) is 10.0 Å². The third-order valence-electron chi connectivity index (χ3n) is 5.84. The van der Waals surface area contributed by atoms with Crippen LogP contribution in [-0.2, 0) is 14.8 Å². The fourth-order valence-electron chi connectivity index (χ4n) is 4.31. The van der Waals surface area contributed by atoms with Crippen LogP contribution in [0.1, 0.15) is 38.1 Å². The molecule has 0 amide bonds. The minimum absolute atomic E-state index is 0.0377. The topological polar surface area (TPSA) is 84.4 Å². The number of imidazole rings is 1. The third-order valence-corrected chi connectivity index (χ3v) is 7.80. The summed E-state index contributed by atoms with van der Waals surface area (Å²) in [5.74, 6) is 0.723. The van der Waals surface area contributed by atoms with E-state index >= 15 is 0 Å². The second kappa shape index (κ2) is 7.77. The Bertz CT molecular complexity index is 935. The maximum absolute atomic E-state index is 12.7. The first-order valence-electron chi connectivity index (χ1n) is 9.79. The Balaban J connectivity index is 1.36. The first-order valence-corrected chi connectivity index (χ1v) is 11.4. The normalized spacial score (nSPS) is 22.6. The van der Waals surface area contributed by atoms with Crippen LogP contribution in [-0.4, -0.2) is 54.3 Å². The fraction of sp³-hybridized carbons (Fsp3) is 0.632. The van der Waals surface area contributed by atoms with E-state index in [1.54, 1.807) is 8.87 Å². The van der Waals surface area contributed by atoms with Crippen LogP contribution < -0.4 is 5.69 Å². The van der Waals surface area contributed by atoms with Crippen molar-refractivity contribution >= 4 is 21.1 Å². The molecule has 0 bridgehead atoms. The summed E-state index contributed by atoms with van der Waals surface area (Å²) in [6.07, 6.45) is 3.98. The summed E-state index contributed by atoms with van der Waals surface area (Å²) in [7, 11) is -3.22. The molecule has 2 saturated heterocycles. The first-order chi connectivity index (χ1) is 13.0. The van der Waals surface area contributed by atoms with Crippen molar-refractivity contribution in [3.63, 3.8) is 0 Å². The van der Waals surface area contributed by atoms with E-state index in [2.05, 4.69) is 4.98 Å². The molecule has 27 heavy (non-hydrogen) atoms. The van der Waals surface area contributed by atoms with Gasteiger partial charge in [-0.2, -0.15) is 0 Å². The summed E-state index contributed by atoms with van der Waals surface area (Å²) in [5.41, 5.74) is 1.60. The lowest BCUT2D eigenvalue weighted by Gasteiger charge is -2.31. The lowest BCUT2D eigenvalue weighted by molar-refractivity contribution is 0.184. The highest BCUT2D eigenvalue weighted by Gasteiger charge is 2.30. The van der Waals surface area contributed by atoms with E-state index in [-0.39, 0.29) is 17.5 Å². The van der Waals surface area contributed by atoms with E-state index in [1.807, 2.05) is 24.3 Å². The van der Waals surface area contributed by atoms with Crippen molar-refractivity contribution in [2.24, 2.45) is 5.92 Å². The minimum Gasteiger partial charge on any atom is -0.381 e. The quantitative estimate of drug-likeness (QED) is 0.815. The maximum atomic E-state index is 12.7. The molecular formula is C19H27N3O4S. The molecular weight excluding hydrogens is 366 g/mol. The smallest absolute Gasteiger partial charge is 0.326 e. The number of sulfonamides is 1. The summed E-state index contributed by atoms with van der Waals surface area (Å²) in [5, 5.41) is 0. The Morgan fingerprint density at radius 2 is 1.93 bits per heavy atom. The highest BCUT2D eigenvalue weighted by molar-refractivity contribution is 7.89. The van der Waals surface area contributed by atoms with Crippen molar-refractivity contribution in [1.29, 1.82) is 0 Å². The van der Waals surface area contributed by atoms with Crippen molar-refractivity contribution < 1.29 is 13.2 Å². The number of H-pyrrole nitrogens is 1. The SMILES string of the molecule is O=c1[nH]c2ccccc2n1C1CCN(S(=O)(=O)CCCC2CCOC2)CC1. The van der Waals surface area contributed by atoms with Gasteiger partial charge in [-0.05, 0) is 50.2 Å². The zero-order valence-electron chi connectivity index (χ0n) is 15.5. The average Bonchev–Trinajstić information content (AvgIpc) is 3.28. The van der Waals surface area contributed by atoms with Gasteiger partial charge >= 0.3 is 5.69 Å². The number of nitrogens with zero attached hydrogens (tertiary/aromatic N) is 2. The van der Waals surface area contributed by atoms with Gasteiger partial charge in [-0.15, -0.1) is 0 Å². The number of rotatable bonds is 6. The summed E-state index contributed by atoms with van der Waals surface area (Å²) in [6, 6.07) is 7.68. The number of aromatic nitrogens is 2. The molecule has 2 aliphatic heterocycles. The second-order valence-electron chi connectivity index (χ2n) is 7.64. The standard InChI is InChI=1S/C19H27N3O4S/c23-19-20-17-5-1-2-6-18(17)22(19)16-7-10-21(11-8-16)27(24,25)13-3-4-15-9-12-26-14-15/h1-2,5-6,15-16H,3-4,7-14H2,(H,20,23). The van der Waals surface area contributed by atoms with Gasteiger partial charge in [-0.3, -0.25) is 4.57 Å². The van der Waals surface area contributed by atoms with Crippen LogP contribution in [0.15, 0.2) is 29.1 Å². The number of hydrogen-bond donors (Lipinski definition) is 1. The van der Waals surface area contributed by atoms with Crippen molar-refractivity contribution in [3.05, 3.63) is 34.7 Å². The zero-order valence-corrected chi connectivity index (χ0v) is 16.3. The zero-order chi connectivity index (χ0) is 18.9. The molecule has 4 rings (SSSR count). The Morgan fingerprint density at radius 3 is 2.67 bits per heavy atom. The summed E-state index contributed by atoms with van der Waals surface area (Å²) in [6.45, 7) is 2.53. The van der Waals surface area contributed by atoms with Crippen LogP contribution in [0.25, 0.3) is 11.0 Å². The van der Waals surface area contributed by atoms with E-state index in [0.29, 0.717) is 38.3 Å². The van der Waals surface area contributed by atoms with Crippen LogP contribution in [0.3, 0.4) is 0 Å². The molecule has 3 heterocycles. The molecule has 1 unspecified atom stereocenters.